The molecular weight excluding hydrogens is 472 g/mol. The Kier molecular flexibility index (Phi) is 7.05. The SMILES string of the molecule is CCOC(=O)c1ccc(N2C(=O)C(Nc3ccc(Cl)cc3)=C(Sc3ccc(C)cc3)C2=O)cc1. The van der Waals surface area contributed by atoms with Gasteiger partial charge in [-0.05, 0) is 74.5 Å². The summed E-state index contributed by atoms with van der Waals surface area (Å²) < 4.78 is 5.00. The van der Waals surface area contributed by atoms with Crippen LogP contribution in [-0.4, -0.2) is 24.4 Å². The van der Waals surface area contributed by atoms with Crippen molar-refractivity contribution in [1.29, 1.82) is 0 Å². The van der Waals surface area contributed by atoms with Crippen LogP contribution in [0.3, 0.4) is 0 Å². The molecule has 4 rings (SSSR count). The van der Waals surface area contributed by atoms with Crippen LogP contribution in [-0.2, 0) is 14.3 Å². The molecule has 34 heavy (non-hydrogen) atoms. The molecule has 2 amide bonds. The number of thioether (sulfide) groups is 1. The standard InChI is InChI=1S/C26H21ClN2O4S/c1-3-33-26(32)17-6-12-20(13-7-17)29-24(30)22(28-19-10-8-18(27)9-11-19)23(25(29)31)34-21-14-4-16(2)5-15-21/h4-15,28H,3H2,1-2H3. The van der Waals surface area contributed by atoms with Gasteiger partial charge < -0.3 is 10.1 Å². The maximum atomic E-state index is 13.4. The van der Waals surface area contributed by atoms with E-state index in [1.807, 2.05) is 31.2 Å². The number of anilines is 2. The number of ether oxygens (including phenoxy) is 1. The highest BCUT2D eigenvalue weighted by Crippen LogP contribution is 2.38. The first-order chi connectivity index (χ1) is 16.4. The number of halogens is 1. The molecule has 172 valence electrons. The first-order valence-corrected chi connectivity index (χ1v) is 11.7. The second kappa shape index (κ2) is 10.2. The Morgan fingerprint density at radius 1 is 0.941 bits per heavy atom. The fourth-order valence-corrected chi connectivity index (χ4v) is 4.36. The van der Waals surface area contributed by atoms with Gasteiger partial charge in [0.2, 0.25) is 0 Å². The number of carbonyl (C=O) groups is 3. The van der Waals surface area contributed by atoms with Gasteiger partial charge >= 0.3 is 5.97 Å². The zero-order chi connectivity index (χ0) is 24.2. The quantitative estimate of drug-likeness (QED) is 0.331. The summed E-state index contributed by atoms with van der Waals surface area (Å²) in [6, 6.07) is 20.7. The van der Waals surface area contributed by atoms with E-state index < -0.39 is 17.8 Å². The lowest BCUT2D eigenvalue weighted by atomic mass is 10.2. The number of hydrogen-bond donors (Lipinski definition) is 1. The third kappa shape index (κ3) is 5.00. The molecule has 0 bridgehead atoms. The van der Waals surface area contributed by atoms with Crippen LogP contribution in [0.15, 0.2) is 88.3 Å². The molecule has 0 atom stereocenters. The minimum Gasteiger partial charge on any atom is -0.462 e. The van der Waals surface area contributed by atoms with Crippen LogP contribution >= 0.6 is 23.4 Å². The summed E-state index contributed by atoms with van der Waals surface area (Å²) in [6.07, 6.45) is 0. The fourth-order valence-electron chi connectivity index (χ4n) is 3.31. The number of imide groups is 1. The molecule has 8 heteroatoms. The number of amides is 2. The summed E-state index contributed by atoms with van der Waals surface area (Å²) in [7, 11) is 0. The summed E-state index contributed by atoms with van der Waals surface area (Å²) in [5.74, 6) is -1.40. The van der Waals surface area contributed by atoms with Gasteiger partial charge in [-0.25, -0.2) is 9.69 Å². The first-order valence-electron chi connectivity index (χ1n) is 10.5. The van der Waals surface area contributed by atoms with E-state index in [0.717, 1.165) is 15.4 Å². The predicted octanol–water partition coefficient (Wildman–Crippen LogP) is 5.81. The minimum atomic E-state index is -0.488. The Morgan fingerprint density at radius 3 is 2.21 bits per heavy atom. The maximum Gasteiger partial charge on any atom is 0.338 e. The van der Waals surface area contributed by atoms with Gasteiger partial charge in [0.05, 0.1) is 17.9 Å². The highest BCUT2D eigenvalue weighted by molar-refractivity contribution is 8.04. The number of carbonyl (C=O) groups excluding carboxylic acids is 3. The zero-order valence-corrected chi connectivity index (χ0v) is 20.1. The van der Waals surface area contributed by atoms with E-state index in [9.17, 15) is 14.4 Å². The van der Waals surface area contributed by atoms with Crippen molar-refractivity contribution in [3.8, 4) is 0 Å². The van der Waals surface area contributed by atoms with E-state index in [0.29, 0.717) is 22.0 Å². The van der Waals surface area contributed by atoms with E-state index >= 15 is 0 Å². The zero-order valence-electron chi connectivity index (χ0n) is 18.5. The molecule has 1 heterocycles. The molecule has 0 fully saturated rings. The third-order valence-corrected chi connectivity index (χ3v) is 6.38. The summed E-state index contributed by atoms with van der Waals surface area (Å²) in [4.78, 5) is 41.0. The highest BCUT2D eigenvalue weighted by atomic mass is 35.5. The monoisotopic (exact) mass is 492 g/mol. The van der Waals surface area contributed by atoms with Gasteiger partial charge in [0, 0.05) is 15.6 Å². The summed E-state index contributed by atoms with van der Waals surface area (Å²) in [5, 5.41) is 3.65. The van der Waals surface area contributed by atoms with Crippen molar-refractivity contribution in [1.82, 2.24) is 0 Å². The fraction of sp³-hybridized carbons (Fsp3) is 0.115. The molecule has 1 aliphatic rings. The van der Waals surface area contributed by atoms with E-state index in [4.69, 9.17) is 16.3 Å². The lowest BCUT2D eigenvalue weighted by molar-refractivity contribution is -0.120. The molecule has 0 aliphatic carbocycles. The summed E-state index contributed by atoms with van der Waals surface area (Å²) in [6.45, 7) is 3.96. The number of rotatable bonds is 7. The molecular formula is C26H21ClN2O4S. The second-order valence-corrected chi connectivity index (χ2v) is 8.98. The number of nitrogens with one attached hydrogen (secondary N) is 1. The van der Waals surface area contributed by atoms with Gasteiger partial charge in [-0.3, -0.25) is 9.59 Å². The average molecular weight is 493 g/mol. The van der Waals surface area contributed by atoms with Gasteiger partial charge in [-0.15, -0.1) is 0 Å². The molecule has 0 aromatic heterocycles. The van der Waals surface area contributed by atoms with E-state index in [1.54, 1.807) is 43.3 Å². The number of aryl methyl sites for hydroxylation is 1. The third-order valence-electron chi connectivity index (χ3n) is 5.03. The number of benzene rings is 3. The van der Waals surface area contributed by atoms with Crippen LogP contribution in [0.5, 0.6) is 0 Å². The number of hydrogen-bond acceptors (Lipinski definition) is 6. The predicted molar refractivity (Wildman–Crippen MR) is 134 cm³/mol. The van der Waals surface area contributed by atoms with Crippen molar-refractivity contribution in [3.63, 3.8) is 0 Å². The first kappa shape index (κ1) is 23.6. The summed E-state index contributed by atoms with van der Waals surface area (Å²) in [5.41, 5.74) is 2.59. The van der Waals surface area contributed by atoms with Crippen LogP contribution in [0.4, 0.5) is 11.4 Å². The number of esters is 1. The van der Waals surface area contributed by atoms with Crippen LogP contribution in [0, 0.1) is 6.92 Å². The van der Waals surface area contributed by atoms with Gasteiger partial charge in [0.25, 0.3) is 11.8 Å². The van der Waals surface area contributed by atoms with Crippen molar-refractivity contribution in [2.75, 3.05) is 16.8 Å². The largest absolute Gasteiger partial charge is 0.462 e. The van der Waals surface area contributed by atoms with E-state index in [2.05, 4.69) is 5.32 Å². The lowest BCUT2D eigenvalue weighted by Gasteiger charge is -2.15. The number of nitrogens with zero attached hydrogens (tertiary/aromatic N) is 1. The van der Waals surface area contributed by atoms with Crippen molar-refractivity contribution < 1.29 is 19.1 Å². The van der Waals surface area contributed by atoms with Gasteiger partial charge in [-0.1, -0.05) is 41.1 Å². The molecule has 1 aliphatic heterocycles. The van der Waals surface area contributed by atoms with E-state index in [1.165, 1.54) is 23.9 Å². The van der Waals surface area contributed by atoms with Gasteiger partial charge in [0.1, 0.15) is 10.6 Å². The Morgan fingerprint density at radius 2 is 1.59 bits per heavy atom. The molecule has 0 unspecified atom stereocenters. The Bertz CT molecular complexity index is 1200. The van der Waals surface area contributed by atoms with Crippen molar-refractivity contribution in [2.24, 2.45) is 0 Å². The van der Waals surface area contributed by atoms with Crippen LogP contribution in [0.25, 0.3) is 0 Å². The average Bonchev–Trinajstić information content (AvgIpc) is 3.06. The van der Waals surface area contributed by atoms with Crippen LogP contribution in [0.1, 0.15) is 22.8 Å². The van der Waals surface area contributed by atoms with Crippen LogP contribution in [0.2, 0.25) is 5.02 Å². The smallest absolute Gasteiger partial charge is 0.338 e. The topological polar surface area (TPSA) is 75.7 Å². The lowest BCUT2D eigenvalue weighted by Crippen LogP contribution is -2.32. The maximum absolute atomic E-state index is 13.4. The highest BCUT2D eigenvalue weighted by Gasteiger charge is 2.40. The summed E-state index contributed by atoms with van der Waals surface area (Å²) >= 11 is 7.20. The molecule has 0 saturated carbocycles. The Balaban J connectivity index is 1.68. The van der Waals surface area contributed by atoms with Crippen LogP contribution < -0.4 is 10.2 Å². The minimum absolute atomic E-state index is 0.173. The molecule has 0 radical (unpaired) electrons. The normalized spacial score (nSPS) is 13.4. The molecule has 3 aromatic carbocycles. The van der Waals surface area contributed by atoms with Crippen molar-refractivity contribution >= 4 is 52.5 Å². The molecule has 3 aromatic rings. The van der Waals surface area contributed by atoms with Crippen molar-refractivity contribution in [3.05, 3.63) is 99.5 Å². The molecule has 0 saturated heterocycles. The van der Waals surface area contributed by atoms with Gasteiger partial charge in [-0.2, -0.15) is 0 Å². The van der Waals surface area contributed by atoms with E-state index in [-0.39, 0.29) is 17.2 Å². The Labute approximate surface area is 206 Å². The van der Waals surface area contributed by atoms with Gasteiger partial charge in [0.15, 0.2) is 0 Å². The van der Waals surface area contributed by atoms with Crippen molar-refractivity contribution in [2.45, 2.75) is 18.7 Å². The molecule has 1 N–H and O–H groups in total. The Hall–Kier alpha value is -3.55. The molecule has 6 nitrogen and oxygen atoms in total. The second-order valence-electron chi connectivity index (χ2n) is 7.46. The molecule has 0 spiro atoms.